The summed E-state index contributed by atoms with van der Waals surface area (Å²) in [5.41, 5.74) is 0.871. The Kier molecular flexibility index (Phi) is 4.32. The van der Waals surface area contributed by atoms with Gasteiger partial charge in [0.25, 0.3) is 0 Å². The molecule has 78 valence electrons. The second kappa shape index (κ2) is 5.78. The first-order chi connectivity index (χ1) is 7.26. The van der Waals surface area contributed by atoms with Crippen molar-refractivity contribution in [3.05, 3.63) is 35.6 Å². The van der Waals surface area contributed by atoms with Crippen LogP contribution in [0.5, 0.6) is 0 Å². The third-order valence-electron chi connectivity index (χ3n) is 1.60. The molecule has 1 N–H and O–H groups in total. The van der Waals surface area contributed by atoms with Gasteiger partial charge >= 0.3 is 0 Å². The van der Waals surface area contributed by atoms with E-state index in [2.05, 4.69) is 17.0 Å². The molecule has 0 heterocycles. The molecule has 0 aromatic heterocycles. The maximum atomic E-state index is 12.5. The number of ether oxygens (including phenoxy) is 1. The summed E-state index contributed by atoms with van der Waals surface area (Å²) in [5.74, 6) is 5.02. The molecule has 0 saturated carbocycles. The van der Waals surface area contributed by atoms with E-state index in [-0.39, 0.29) is 18.1 Å². The Bertz CT molecular complexity index is 401. The van der Waals surface area contributed by atoms with Crippen molar-refractivity contribution in [1.29, 1.82) is 0 Å². The van der Waals surface area contributed by atoms with E-state index in [1.54, 1.807) is 12.1 Å². The Balaban J connectivity index is 2.76. The largest absolute Gasteiger partial charge is 0.410 e. The van der Waals surface area contributed by atoms with Crippen molar-refractivity contribution >= 4 is 5.71 Å². The first-order valence-corrected chi connectivity index (χ1v) is 4.23. The van der Waals surface area contributed by atoms with Crippen LogP contribution in [0.4, 0.5) is 4.39 Å². The highest BCUT2D eigenvalue weighted by atomic mass is 19.1. The van der Waals surface area contributed by atoms with Crippen molar-refractivity contribution in [2.45, 2.75) is 0 Å². The summed E-state index contributed by atoms with van der Waals surface area (Å²) >= 11 is 0. The molecule has 0 atom stereocenters. The SMILES string of the molecule is COCC(C#Cc1ccc(F)cc1)=NO. The topological polar surface area (TPSA) is 41.8 Å². The zero-order chi connectivity index (χ0) is 11.1. The van der Waals surface area contributed by atoms with Gasteiger partial charge in [0.2, 0.25) is 0 Å². The number of methoxy groups -OCH3 is 1. The minimum Gasteiger partial charge on any atom is -0.410 e. The van der Waals surface area contributed by atoms with Gasteiger partial charge in [0.15, 0.2) is 5.71 Å². The molecule has 0 unspecified atom stereocenters. The molecule has 1 aromatic carbocycles. The first-order valence-electron chi connectivity index (χ1n) is 4.23. The second-order valence-corrected chi connectivity index (χ2v) is 2.74. The quantitative estimate of drug-likeness (QED) is 0.347. The number of halogens is 1. The second-order valence-electron chi connectivity index (χ2n) is 2.74. The summed E-state index contributed by atoms with van der Waals surface area (Å²) in [6, 6.07) is 5.72. The molecule has 0 bridgehead atoms. The van der Waals surface area contributed by atoms with Crippen LogP contribution in [0.15, 0.2) is 29.4 Å². The van der Waals surface area contributed by atoms with Crippen LogP contribution in [0.3, 0.4) is 0 Å². The fraction of sp³-hybridized carbons (Fsp3) is 0.182. The lowest BCUT2D eigenvalue weighted by Crippen LogP contribution is -2.03. The lowest BCUT2D eigenvalue weighted by Gasteiger charge is -1.92. The summed E-state index contributed by atoms with van der Waals surface area (Å²) in [6.07, 6.45) is 0. The lowest BCUT2D eigenvalue weighted by molar-refractivity contribution is 0.238. The van der Waals surface area contributed by atoms with Crippen LogP contribution in [0.2, 0.25) is 0 Å². The van der Waals surface area contributed by atoms with Crippen LogP contribution >= 0.6 is 0 Å². The Morgan fingerprint density at radius 3 is 2.67 bits per heavy atom. The molecule has 0 spiro atoms. The van der Waals surface area contributed by atoms with Crippen molar-refractivity contribution in [2.24, 2.45) is 5.16 Å². The Labute approximate surface area is 87.2 Å². The maximum absolute atomic E-state index is 12.5. The number of rotatable bonds is 2. The molecule has 15 heavy (non-hydrogen) atoms. The van der Waals surface area contributed by atoms with Crippen LogP contribution in [0, 0.1) is 17.7 Å². The molecular weight excluding hydrogens is 197 g/mol. The van der Waals surface area contributed by atoms with Crippen molar-refractivity contribution in [2.75, 3.05) is 13.7 Å². The van der Waals surface area contributed by atoms with Crippen molar-refractivity contribution in [3.8, 4) is 11.8 Å². The number of oxime groups is 1. The lowest BCUT2D eigenvalue weighted by atomic mass is 10.2. The molecule has 3 nitrogen and oxygen atoms in total. The molecule has 1 rings (SSSR count). The first kappa shape index (κ1) is 11.2. The van der Waals surface area contributed by atoms with Crippen molar-refractivity contribution in [1.82, 2.24) is 0 Å². The zero-order valence-corrected chi connectivity index (χ0v) is 8.20. The van der Waals surface area contributed by atoms with Crippen LogP contribution in [0.1, 0.15) is 5.56 Å². The van der Waals surface area contributed by atoms with Crippen molar-refractivity contribution < 1.29 is 14.3 Å². The maximum Gasteiger partial charge on any atom is 0.155 e. The van der Waals surface area contributed by atoms with Crippen LogP contribution in [-0.2, 0) is 4.74 Å². The molecule has 0 aliphatic rings. The van der Waals surface area contributed by atoms with Gasteiger partial charge in [-0.25, -0.2) is 4.39 Å². The Hall–Kier alpha value is -1.86. The predicted molar refractivity (Wildman–Crippen MR) is 54.4 cm³/mol. The molecular formula is C11H10FNO2. The fourth-order valence-electron chi connectivity index (χ4n) is 0.904. The fourth-order valence-corrected chi connectivity index (χ4v) is 0.904. The number of hydrogen-bond acceptors (Lipinski definition) is 3. The van der Waals surface area contributed by atoms with Crippen LogP contribution in [0.25, 0.3) is 0 Å². The van der Waals surface area contributed by atoms with Gasteiger partial charge < -0.3 is 9.94 Å². The van der Waals surface area contributed by atoms with Gasteiger partial charge in [-0.3, -0.25) is 0 Å². The zero-order valence-electron chi connectivity index (χ0n) is 8.20. The predicted octanol–water partition coefficient (Wildman–Crippen LogP) is 1.65. The molecule has 0 amide bonds. The Morgan fingerprint density at radius 2 is 2.13 bits per heavy atom. The summed E-state index contributed by atoms with van der Waals surface area (Å²) in [7, 11) is 1.48. The van der Waals surface area contributed by atoms with Gasteiger partial charge in [-0.1, -0.05) is 11.1 Å². The average Bonchev–Trinajstić information content (AvgIpc) is 2.26. The molecule has 0 radical (unpaired) electrons. The molecule has 1 aromatic rings. The van der Waals surface area contributed by atoms with E-state index in [1.807, 2.05) is 0 Å². The van der Waals surface area contributed by atoms with E-state index in [0.717, 1.165) is 0 Å². The van der Waals surface area contributed by atoms with Crippen LogP contribution < -0.4 is 0 Å². The monoisotopic (exact) mass is 207 g/mol. The minimum absolute atomic E-state index is 0.144. The summed E-state index contributed by atoms with van der Waals surface area (Å²) < 4.78 is 17.3. The van der Waals surface area contributed by atoms with E-state index < -0.39 is 0 Å². The highest BCUT2D eigenvalue weighted by Gasteiger charge is 1.93. The highest BCUT2D eigenvalue weighted by molar-refractivity contribution is 6.01. The van der Waals surface area contributed by atoms with Gasteiger partial charge in [0.1, 0.15) is 5.82 Å². The number of hydrogen-bond donors (Lipinski definition) is 1. The molecule has 0 fully saturated rings. The summed E-state index contributed by atoms with van der Waals surface area (Å²) in [6.45, 7) is 0.144. The summed E-state index contributed by atoms with van der Waals surface area (Å²) in [5, 5.41) is 11.5. The molecule has 0 aliphatic heterocycles. The van der Waals surface area contributed by atoms with E-state index in [9.17, 15) is 4.39 Å². The Morgan fingerprint density at radius 1 is 1.47 bits per heavy atom. The summed E-state index contributed by atoms with van der Waals surface area (Å²) in [4.78, 5) is 0. The van der Waals surface area contributed by atoms with Crippen LogP contribution in [-0.4, -0.2) is 24.6 Å². The average molecular weight is 207 g/mol. The normalized spacial score (nSPS) is 10.7. The van der Waals surface area contributed by atoms with E-state index in [0.29, 0.717) is 5.56 Å². The number of benzene rings is 1. The molecule has 4 heteroatoms. The standard InChI is InChI=1S/C11H10FNO2/c1-15-8-11(13-14)7-4-9-2-5-10(12)6-3-9/h2-3,5-6,14H,8H2,1H3. The van der Waals surface area contributed by atoms with E-state index >= 15 is 0 Å². The van der Waals surface area contributed by atoms with Gasteiger partial charge in [0.05, 0.1) is 6.61 Å². The highest BCUT2D eigenvalue weighted by Crippen LogP contribution is 2.00. The molecule has 0 saturated heterocycles. The van der Waals surface area contributed by atoms with Gasteiger partial charge in [-0.2, -0.15) is 0 Å². The van der Waals surface area contributed by atoms with E-state index in [4.69, 9.17) is 9.94 Å². The third-order valence-corrected chi connectivity index (χ3v) is 1.60. The minimum atomic E-state index is -0.312. The van der Waals surface area contributed by atoms with Gasteiger partial charge in [-0.15, -0.1) is 0 Å². The van der Waals surface area contributed by atoms with Crippen molar-refractivity contribution in [3.63, 3.8) is 0 Å². The number of nitrogens with zero attached hydrogens (tertiary/aromatic N) is 1. The van der Waals surface area contributed by atoms with E-state index in [1.165, 1.54) is 19.2 Å². The van der Waals surface area contributed by atoms with Gasteiger partial charge in [-0.05, 0) is 30.2 Å². The molecule has 0 aliphatic carbocycles. The van der Waals surface area contributed by atoms with Gasteiger partial charge in [0, 0.05) is 12.7 Å². The third kappa shape index (κ3) is 3.79. The smallest absolute Gasteiger partial charge is 0.155 e.